The molecular formula is C13H17BrN2O. The highest BCUT2D eigenvalue weighted by atomic mass is 79.9. The summed E-state index contributed by atoms with van der Waals surface area (Å²) in [6, 6.07) is 4.00. The third-order valence-corrected chi connectivity index (χ3v) is 3.96. The summed E-state index contributed by atoms with van der Waals surface area (Å²) in [5.41, 5.74) is 1.65. The first-order valence-electron chi connectivity index (χ1n) is 6.02. The van der Waals surface area contributed by atoms with Gasteiger partial charge in [-0.3, -0.25) is 9.78 Å². The van der Waals surface area contributed by atoms with Gasteiger partial charge in [-0.05, 0) is 38.3 Å². The third-order valence-electron chi connectivity index (χ3n) is 3.21. The van der Waals surface area contributed by atoms with Crippen LogP contribution in [0.2, 0.25) is 0 Å². The largest absolute Gasteiger partial charge is 0.335 e. The van der Waals surface area contributed by atoms with Gasteiger partial charge >= 0.3 is 0 Å². The Balaban J connectivity index is 2.18. The summed E-state index contributed by atoms with van der Waals surface area (Å²) >= 11 is 3.50. The summed E-state index contributed by atoms with van der Waals surface area (Å²) in [6.07, 6.45) is 5.13. The Morgan fingerprint density at radius 3 is 3.12 bits per heavy atom. The predicted octanol–water partition coefficient (Wildman–Crippen LogP) is 2.78. The van der Waals surface area contributed by atoms with Gasteiger partial charge in [0.2, 0.25) is 0 Å². The average molecular weight is 297 g/mol. The van der Waals surface area contributed by atoms with Crippen molar-refractivity contribution in [3.05, 3.63) is 29.6 Å². The van der Waals surface area contributed by atoms with Crippen molar-refractivity contribution < 1.29 is 4.79 Å². The molecule has 17 heavy (non-hydrogen) atoms. The summed E-state index contributed by atoms with van der Waals surface area (Å²) in [7, 11) is 0. The number of rotatable bonds is 2. The fourth-order valence-electron chi connectivity index (χ4n) is 2.27. The molecule has 0 aliphatic carbocycles. The van der Waals surface area contributed by atoms with E-state index in [1.165, 1.54) is 6.42 Å². The maximum absolute atomic E-state index is 12.4. The summed E-state index contributed by atoms with van der Waals surface area (Å²) in [6.45, 7) is 2.78. The molecule has 0 radical (unpaired) electrons. The highest BCUT2D eigenvalue weighted by Crippen LogP contribution is 2.21. The summed E-state index contributed by atoms with van der Waals surface area (Å²) in [4.78, 5) is 18.5. The zero-order valence-corrected chi connectivity index (χ0v) is 11.6. The van der Waals surface area contributed by atoms with Crippen LogP contribution in [0, 0.1) is 6.92 Å². The van der Waals surface area contributed by atoms with E-state index in [4.69, 9.17) is 0 Å². The molecule has 0 N–H and O–H groups in total. The van der Waals surface area contributed by atoms with Gasteiger partial charge in [0.15, 0.2) is 0 Å². The van der Waals surface area contributed by atoms with Gasteiger partial charge in [-0.25, -0.2) is 0 Å². The molecule has 1 aliphatic heterocycles. The van der Waals surface area contributed by atoms with E-state index in [0.29, 0.717) is 6.04 Å². The Labute approximate surface area is 110 Å². The quantitative estimate of drug-likeness (QED) is 0.786. The van der Waals surface area contributed by atoms with Crippen LogP contribution >= 0.6 is 15.9 Å². The van der Waals surface area contributed by atoms with Gasteiger partial charge in [-0.2, -0.15) is 0 Å². The van der Waals surface area contributed by atoms with Crippen LogP contribution in [0.3, 0.4) is 0 Å². The fourth-order valence-corrected chi connectivity index (χ4v) is 2.95. The molecule has 1 aromatic heterocycles. The van der Waals surface area contributed by atoms with E-state index in [9.17, 15) is 4.79 Å². The second-order valence-electron chi connectivity index (χ2n) is 4.49. The first kappa shape index (κ1) is 12.6. The van der Waals surface area contributed by atoms with E-state index in [1.54, 1.807) is 12.3 Å². The van der Waals surface area contributed by atoms with Crippen LogP contribution < -0.4 is 0 Å². The molecule has 1 amide bonds. The first-order chi connectivity index (χ1) is 8.22. The number of piperidine rings is 1. The lowest BCUT2D eigenvalue weighted by Gasteiger charge is -2.34. The molecule has 0 bridgehead atoms. The van der Waals surface area contributed by atoms with Crippen molar-refractivity contribution in [1.82, 2.24) is 9.88 Å². The van der Waals surface area contributed by atoms with Crippen molar-refractivity contribution >= 4 is 21.8 Å². The molecule has 1 fully saturated rings. The van der Waals surface area contributed by atoms with Crippen molar-refractivity contribution in [1.29, 1.82) is 0 Å². The number of halogens is 1. The maximum atomic E-state index is 12.4. The number of hydrogen-bond acceptors (Lipinski definition) is 2. The van der Waals surface area contributed by atoms with E-state index in [0.717, 1.165) is 36.0 Å². The molecule has 1 atom stereocenters. The number of carbonyl (C=O) groups excluding carboxylic acids is 1. The maximum Gasteiger partial charge on any atom is 0.254 e. The molecular weight excluding hydrogens is 280 g/mol. The number of pyridine rings is 1. The minimum Gasteiger partial charge on any atom is -0.335 e. The fraction of sp³-hybridized carbons (Fsp3) is 0.538. The Morgan fingerprint density at radius 1 is 1.59 bits per heavy atom. The number of nitrogens with zero attached hydrogens (tertiary/aromatic N) is 2. The molecule has 0 spiro atoms. The Morgan fingerprint density at radius 2 is 2.41 bits per heavy atom. The number of carbonyl (C=O) groups is 1. The standard InChI is InChI=1S/C13H17BrN2O/c1-10-8-11(5-6-15-10)13(17)16-7-3-2-4-12(16)9-14/h5-6,8,12H,2-4,7,9H2,1H3. The molecule has 92 valence electrons. The molecule has 0 saturated carbocycles. The van der Waals surface area contributed by atoms with Crippen molar-refractivity contribution in [2.24, 2.45) is 0 Å². The van der Waals surface area contributed by atoms with Crippen LogP contribution in [0.15, 0.2) is 18.3 Å². The van der Waals surface area contributed by atoms with Gasteiger partial charge in [0.25, 0.3) is 5.91 Å². The number of aryl methyl sites for hydroxylation is 1. The summed E-state index contributed by atoms with van der Waals surface area (Å²) in [5.74, 6) is 0.139. The van der Waals surface area contributed by atoms with Gasteiger partial charge in [-0.1, -0.05) is 15.9 Å². The van der Waals surface area contributed by atoms with Crippen LogP contribution in [0.1, 0.15) is 35.3 Å². The lowest BCUT2D eigenvalue weighted by Crippen LogP contribution is -2.44. The molecule has 2 heterocycles. The number of alkyl halides is 1. The van der Waals surface area contributed by atoms with Crippen LogP contribution in [0.4, 0.5) is 0 Å². The van der Waals surface area contributed by atoms with Crippen LogP contribution in [-0.4, -0.2) is 33.7 Å². The van der Waals surface area contributed by atoms with E-state index >= 15 is 0 Å². The SMILES string of the molecule is Cc1cc(C(=O)N2CCCCC2CBr)ccn1. The summed E-state index contributed by atoms with van der Waals surface area (Å²) < 4.78 is 0. The van der Waals surface area contributed by atoms with Gasteiger partial charge in [0.1, 0.15) is 0 Å². The lowest BCUT2D eigenvalue weighted by atomic mass is 10.0. The van der Waals surface area contributed by atoms with Gasteiger partial charge in [0.05, 0.1) is 0 Å². The van der Waals surface area contributed by atoms with Crippen LogP contribution in [0.5, 0.6) is 0 Å². The summed E-state index contributed by atoms with van der Waals surface area (Å²) in [5, 5.41) is 0.864. The van der Waals surface area contributed by atoms with Crippen molar-refractivity contribution in [3.63, 3.8) is 0 Å². The van der Waals surface area contributed by atoms with E-state index in [1.807, 2.05) is 17.9 Å². The van der Waals surface area contributed by atoms with E-state index < -0.39 is 0 Å². The van der Waals surface area contributed by atoms with E-state index in [-0.39, 0.29) is 5.91 Å². The molecule has 4 heteroatoms. The normalized spacial score (nSPS) is 20.4. The zero-order chi connectivity index (χ0) is 12.3. The van der Waals surface area contributed by atoms with Crippen molar-refractivity contribution in [2.75, 3.05) is 11.9 Å². The highest BCUT2D eigenvalue weighted by molar-refractivity contribution is 9.09. The Hall–Kier alpha value is -0.900. The smallest absolute Gasteiger partial charge is 0.254 e. The van der Waals surface area contributed by atoms with Crippen LogP contribution in [-0.2, 0) is 0 Å². The molecule has 1 aromatic rings. The monoisotopic (exact) mass is 296 g/mol. The minimum absolute atomic E-state index is 0.139. The lowest BCUT2D eigenvalue weighted by molar-refractivity contribution is 0.0641. The number of hydrogen-bond donors (Lipinski definition) is 0. The molecule has 1 unspecified atom stereocenters. The minimum atomic E-state index is 0.139. The Kier molecular flexibility index (Phi) is 4.15. The predicted molar refractivity (Wildman–Crippen MR) is 71.4 cm³/mol. The highest BCUT2D eigenvalue weighted by Gasteiger charge is 2.26. The van der Waals surface area contributed by atoms with Gasteiger partial charge in [0, 0.05) is 35.4 Å². The van der Waals surface area contributed by atoms with E-state index in [2.05, 4.69) is 20.9 Å². The number of likely N-dealkylation sites (tertiary alicyclic amines) is 1. The second-order valence-corrected chi connectivity index (χ2v) is 5.14. The Bertz CT molecular complexity index is 408. The topological polar surface area (TPSA) is 33.2 Å². The third kappa shape index (κ3) is 2.86. The number of amides is 1. The molecule has 3 nitrogen and oxygen atoms in total. The van der Waals surface area contributed by atoms with Crippen LogP contribution in [0.25, 0.3) is 0 Å². The molecule has 1 saturated heterocycles. The zero-order valence-electron chi connectivity index (χ0n) is 10.0. The molecule has 0 aromatic carbocycles. The number of aromatic nitrogens is 1. The van der Waals surface area contributed by atoms with Gasteiger partial charge in [-0.15, -0.1) is 0 Å². The first-order valence-corrected chi connectivity index (χ1v) is 7.14. The second kappa shape index (κ2) is 5.63. The average Bonchev–Trinajstić information content (AvgIpc) is 2.38. The molecule has 1 aliphatic rings. The molecule has 2 rings (SSSR count). The van der Waals surface area contributed by atoms with Crippen molar-refractivity contribution in [2.45, 2.75) is 32.2 Å². The van der Waals surface area contributed by atoms with Gasteiger partial charge < -0.3 is 4.90 Å². The van der Waals surface area contributed by atoms with Crippen molar-refractivity contribution in [3.8, 4) is 0 Å².